The number of nitrogens with one attached hydrogen (secondary N) is 1. The van der Waals surface area contributed by atoms with E-state index in [1.807, 2.05) is 19.1 Å². The number of carbonyl (C=O) groups is 1. The molecule has 1 aromatic rings. The summed E-state index contributed by atoms with van der Waals surface area (Å²) in [4.78, 5) is 11.7. The molecule has 1 amide bonds. The first-order chi connectivity index (χ1) is 7.16. The first kappa shape index (κ1) is 11.3. The lowest BCUT2D eigenvalue weighted by Crippen LogP contribution is -2.25. The summed E-state index contributed by atoms with van der Waals surface area (Å²) in [5.41, 5.74) is 7.73. The summed E-state index contributed by atoms with van der Waals surface area (Å²) >= 11 is 0. The predicted octanol–water partition coefficient (Wildman–Crippen LogP) is 1.88. The molecule has 0 unspecified atom stereocenters. The Kier molecular flexibility index (Phi) is 3.92. The summed E-state index contributed by atoms with van der Waals surface area (Å²) in [6.07, 6.45) is 2.53. The molecule has 0 atom stereocenters. The van der Waals surface area contributed by atoms with Crippen LogP contribution in [0.2, 0.25) is 0 Å². The maximum absolute atomic E-state index is 11.7. The number of nitrogens with two attached hydrogens (primary N) is 1. The van der Waals surface area contributed by atoms with Gasteiger partial charge in [0.2, 0.25) is 0 Å². The van der Waals surface area contributed by atoms with Gasteiger partial charge in [-0.2, -0.15) is 0 Å². The van der Waals surface area contributed by atoms with Gasteiger partial charge in [0.25, 0.3) is 5.91 Å². The minimum absolute atomic E-state index is 0.118. The molecule has 80 valence electrons. The molecule has 0 aromatic heterocycles. The summed E-state index contributed by atoms with van der Waals surface area (Å²) in [6, 6.07) is 5.44. The third kappa shape index (κ3) is 2.84. The second-order valence-electron chi connectivity index (χ2n) is 3.37. The molecule has 15 heavy (non-hydrogen) atoms. The topological polar surface area (TPSA) is 55.1 Å². The van der Waals surface area contributed by atoms with Crippen LogP contribution in [0.5, 0.6) is 0 Å². The maximum Gasteiger partial charge on any atom is 0.253 e. The number of aryl methyl sites for hydroxylation is 1. The Hall–Kier alpha value is -1.77. The molecule has 0 bridgehead atoms. The van der Waals surface area contributed by atoms with E-state index in [9.17, 15) is 4.79 Å². The molecule has 0 saturated carbocycles. The average molecular weight is 204 g/mol. The van der Waals surface area contributed by atoms with Gasteiger partial charge in [-0.3, -0.25) is 4.79 Å². The quantitative estimate of drug-likeness (QED) is 0.447. The highest BCUT2D eigenvalue weighted by Crippen LogP contribution is 2.15. The van der Waals surface area contributed by atoms with Crippen molar-refractivity contribution in [1.82, 2.24) is 5.32 Å². The molecule has 0 aliphatic rings. The van der Waals surface area contributed by atoms with Gasteiger partial charge in [-0.05, 0) is 25.0 Å². The van der Waals surface area contributed by atoms with Crippen LogP contribution in [0.3, 0.4) is 0 Å². The zero-order valence-corrected chi connectivity index (χ0v) is 8.92. The second kappa shape index (κ2) is 5.20. The Morgan fingerprint density at radius 3 is 2.93 bits per heavy atom. The summed E-state index contributed by atoms with van der Waals surface area (Å²) in [5, 5.41) is 2.79. The van der Waals surface area contributed by atoms with E-state index in [0.29, 0.717) is 17.8 Å². The van der Waals surface area contributed by atoms with Gasteiger partial charge in [0.1, 0.15) is 0 Å². The van der Waals surface area contributed by atoms with E-state index in [2.05, 4.69) is 11.9 Å². The highest BCUT2D eigenvalue weighted by molar-refractivity contribution is 6.00. The third-order valence-electron chi connectivity index (χ3n) is 2.17. The molecule has 0 aliphatic heterocycles. The van der Waals surface area contributed by atoms with Crippen molar-refractivity contribution in [2.45, 2.75) is 13.3 Å². The van der Waals surface area contributed by atoms with E-state index >= 15 is 0 Å². The summed E-state index contributed by atoms with van der Waals surface area (Å²) in [7, 11) is 0. The van der Waals surface area contributed by atoms with Crippen molar-refractivity contribution in [3.05, 3.63) is 42.0 Å². The van der Waals surface area contributed by atoms with E-state index in [-0.39, 0.29) is 5.91 Å². The fourth-order valence-corrected chi connectivity index (χ4v) is 1.38. The average Bonchev–Trinajstić information content (AvgIpc) is 2.18. The maximum atomic E-state index is 11.7. The minimum Gasteiger partial charge on any atom is -0.398 e. The van der Waals surface area contributed by atoms with Crippen LogP contribution in [0.4, 0.5) is 5.69 Å². The van der Waals surface area contributed by atoms with Crippen molar-refractivity contribution >= 4 is 11.6 Å². The molecule has 3 nitrogen and oxygen atoms in total. The normalized spacial score (nSPS) is 9.67. The number of anilines is 1. The highest BCUT2D eigenvalue weighted by atomic mass is 16.1. The number of amides is 1. The Morgan fingerprint density at radius 2 is 2.33 bits per heavy atom. The first-order valence-corrected chi connectivity index (χ1v) is 4.91. The van der Waals surface area contributed by atoms with Gasteiger partial charge in [-0.1, -0.05) is 18.2 Å². The number of hydrogen-bond donors (Lipinski definition) is 2. The Labute approximate surface area is 90.0 Å². The number of carbonyl (C=O) groups excluding carboxylic acids is 1. The molecule has 3 heteroatoms. The molecular formula is C12H16N2O. The number of rotatable bonds is 4. The van der Waals surface area contributed by atoms with E-state index in [1.165, 1.54) is 0 Å². The van der Waals surface area contributed by atoms with Crippen molar-refractivity contribution in [3.63, 3.8) is 0 Å². The van der Waals surface area contributed by atoms with E-state index in [4.69, 9.17) is 5.73 Å². The van der Waals surface area contributed by atoms with Crippen molar-refractivity contribution in [2.24, 2.45) is 0 Å². The van der Waals surface area contributed by atoms with Crippen molar-refractivity contribution in [1.29, 1.82) is 0 Å². The zero-order chi connectivity index (χ0) is 11.3. The standard InChI is InChI=1S/C12H16N2O/c1-3-4-8-14-12(15)11-9(2)6-5-7-10(11)13/h3,5-7H,1,4,8,13H2,2H3,(H,14,15). The Bertz CT molecular complexity index is 352. The van der Waals surface area contributed by atoms with Crippen LogP contribution in [-0.4, -0.2) is 12.5 Å². The van der Waals surface area contributed by atoms with Crippen LogP contribution in [0, 0.1) is 6.92 Å². The van der Waals surface area contributed by atoms with Crippen LogP contribution in [0.1, 0.15) is 22.3 Å². The fraction of sp³-hybridized carbons (Fsp3) is 0.250. The third-order valence-corrected chi connectivity index (χ3v) is 2.17. The molecule has 0 fully saturated rings. The van der Waals surface area contributed by atoms with Crippen LogP contribution < -0.4 is 11.1 Å². The molecule has 0 heterocycles. The van der Waals surface area contributed by atoms with Crippen molar-refractivity contribution in [3.8, 4) is 0 Å². The first-order valence-electron chi connectivity index (χ1n) is 4.91. The smallest absolute Gasteiger partial charge is 0.253 e. The molecule has 0 radical (unpaired) electrons. The summed E-state index contributed by atoms with van der Waals surface area (Å²) in [5.74, 6) is -0.118. The monoisotopic (exact) mass is 204 g/mol. The van der Waals surface area contributed by atoms with Gasteiger partial charge >= 0.3 is 0 Å². The molecule has 1 aromatic carbocycles. The predicted molar refractivity (Wildman–Crippen MR) is 62.7 cm³/mol. The molecular weight excluding hydrogens is 188 g/mol. The fourth-order valence-electron chi connectivity index (χ4n) is 1.38. The summed E-state index contributed by atoms with van der Waals surface area (Å²) in [6.45, 7) is 6.06. The van der Waals surface area contributed by atoms with Gasteiger partial charge < -0.3 is 11.1 Å². The van der Waals surface area contributed by atoms with Crippen LogP contribution in [0.15, 0.2) is 30.9 Å². The van der Waals surface area contributed by atoms with E-state index in [1.54, 1.807) is 12.1 Å². The summed E-state index contributed by atoms with van der Waals surface area (Å²) < 4.78 is 0. The van der Waals surface area contributed by atoms with Gasteiger partial charge in [0, 0.05) is 12.2 Å². The molecule has 0 spiro atoms. The van der Waals surface area contributed by atoms with Gasteiger partial charge in [0.15, 0.2) is 0 Å². The highest BCUT2D eigenvalue weighted by Gasteiger charge is 2.10. The van der Waals surface area contributed by atoms with Crippen LogP contribution in [-0.2, 0) is 0 Å². The lowest BCUT2D eigenvalue weighted by molar-refractivity contribution is 0.0954. The number of hydrogen-bond acceptors (Lipinski definition) is 2. The Balaban J connectivity index is 2.77. The van der Waals surface area contributed by atoms with Gasteiger partial charge in [-0.25, -0.2) is 0 Å². The van der Waals surface area contributed by atoms with Crippen molar-refractivity contribution < 1.29 is 4.79 Å². The molecule has 3 N–H and O–H groups in total. The number of benzene rings is 1. The lowest BCUT2D eigenvalue weighted by atomic mass is 10.1. The SMILES string of the molecule is C=CCCNC(=O)c1c(C)cccc1N. The largest absolute Gasteiger partial charge is 0.398 e. The van der Waals surface area contributed by atoms with Crippen LogP contribution >= 0.6 is 0 Å². The van der Waals surface area contributed by atoms with Gasteiger partial charge in [-0.15, -0.1) is 6.58 Å². The second-order valence-corrected chi connectivity index (χ2v) is 3.37. The Morgan fingerprint density at radius 1 is 1.60 bits per heavy atom. The van der Waals surface area contributed by atoms with E-state index in [0.717, 1.165) is 12.0 Å². The van der Waals surface area contributed by atoms with Gasteiger partial charge in [0.05, 0.1) is 5.56 Å². The molecule has 0 saturated heterocycles. The van der Waals surface area contributed by atoms with Crippen LogP contribution in [0.25, 0.3) is 0 Å². The molecule has 1 rings (SSSR count). The minimum atomic E-state index is -0.118. The lowest BCUT2D eigenvalue weighted by Gasteiger charge is -2.09. The zero-order valence-electron chi connectivity index (χ0n) is 8.92. The number of nitrogen functional groups attached to an aromatic ring is 1. The molecule has 0 aliphatic carbocycles. The van der Waals surface area contributed by atoms with E-state index < -0.39 is 0 Å². The van der Waals surface area contributed by atoms with Crippen molar-refractivity contribution in [2.75, 3.05) is 12.3 Å².